The molecular formula is C14H20N2O3S. The maximum atomic E-state index is 12.1. The van der Waals surface area contributed by atoms with E-state index in [0.717, 1.165) is 18.4 Å². The molecule has 1 saturated heterocycles. The van der Waals surface area contributed by atoms with Gasteiger partial charge in [0.15, 0.2) is 0 Å². The summed E-state index contributed by atoms with van der Waals surface area (Å²) in [5.74, 6) is 0. The summed E-state index contributed by atoms with van der Waals surface area (Å²) < 4.78 is 29.8. The molecule has 1 aliphatic heterocycles. The highest BCUT2D eigenvalue weighted by molar-refractivity contribution is 7.89. The highest BCUT2D eigenvalue weighted by Gasteiger charge is 2.25. The molecule has 0 aromatic heterocycles. The highest BCUT2D eigenvalue weighted by Crippen LogP contribution is 2.15. The van der Waals surface area contributed by atoms with Gasteiger partial charge in [0.05, 0.1) is 17.0 Å². The van der Waals surface area contributed by atoms with Crippen LogP contribution in [-0.4, -0.2) is 27.2 Å². The van der Waals surface area contributed by atoms with E-state index in [4.69, 9.17) is 4.74 Å². The van der Waals surface area contributed by atoms with Crippen LogP contribution in [-0.2, 0) is 14.8 Å². The lowest BCUT2D eigenvalue weighted by atomic mass is 10.0. The average molecular weight is 296 g/mol. The van der Waals surface area contributed by atoms with Crippen molar-refractivity contribution in [3.8, 4) is 0 Å². The minimum atomic E-state index is -3.56. The molecule has 0 bridgehead atoms. The SMILES string of the molecule is C=C[C@@H]1OCCC[C@H]1NNS(=O)(=O)c1ccc(C)cc1. The summed E-state index contributed by atoms with van der Waals surface area (Å²) in [5, 5.41) is 0. The molecule has 0 unspecified atom stereocenters. The third-order valence-corrected chi connectivity index (χ3v) is 4.59. The van der Waals surface area contributed by atoms with Crippen LogP contribution in [0.15, 0.2) is 41.8 Å². The number of hydrogen-bond acceptors (Lipinski definition) is 4. The number of sulfonamides is 1. The van der Waals surface area contributed by atoms with Crippen molar-refractivity contribution < 1.29 is 13.2 Å². The zero-order valence-electron chi connectivity index (χ0n) is 11.5. The Kier molecular flexibility index (Phi) is 4.93. The van der Waals surface area contributed by atoms with Crippen molar-refractivity contribution in [3.63, 3.8) is 0 Å². The van der Waals surface area contributed by atoms with Gasteiger partial charge in [-0.1, -0.05) is 23.8 Å². The highest BCUT2D eigenvalue weighted by atomic mass is 32.2. The van der Waals surface area contributed by atoms with Gasteiger partial charge in [0.2, 0.25) is 0 Å². The zero-order chi connectivity index (χ0) is 14.6. The first-order chi connectivity index (χ1) is 9.53. The van der Waals surface area contributed by atoms with Crippen molar-refractivity contribution in [1.29, 1.82) is 0 Å². The van der Waals surface area contributed by atoms with Gasteiger partial charge in [-0.2, -0.15) is 0 Å². The molecule has 2 atom stereocenters. The Morgan fingerprint density at radius 1 is 1.35 bits per heavy atom. The Balaban J connectivity index is 2.01. The Labute approximate surface area is 120 Å². The van der Waals surface area contributed by atoms with E-state index in [9.17, 15) is 8.42 Å². The van der Waals surface area contributed by atoms with E-state index in [0.29, 0.717) is 6.61 Å². The van der Waals surface area contributed by atoms with Crippen LogP contribution < -0.4 is 10.3 Å². The average Bonchev–Trinajstić information content (AvgIpc) is 2.46. The van der Waals surface area contributed by atoms with Gasteiger partial charge in [-0.25, -0.2) is 13.8 Å². The predicted molar refractivity (Wildman–Crippen MR) is 77.6 cm³/mol. The molecule has 0 radical (unpaired) electrons. The Hall–Kier alpha value is -1.21. The topological polar surface area (TPSA) is 67.4 Å². The third-order valence-electron chi connectivity index (χ3n) is 3.31. The maximum absolute atomic E-state index is 12.1. The zero-order valence-corrected chi connectivity index (χ0v) is 12.3. The van der Waals surface area contributed by atoms with E-state index < -0.39 is 10.0 Å². The molecule has 110 valence electrons. The van der Waals surface area contributed by atoms with Crippen LogP contribution in [0.5, 0.6) is 0 Å². The molecule has 0 spiro atoms. The molecule has 0 amide bonds. The van der Waals surface area contributed by atoms with E-state index >= 15 is 0 Å². The van der Waals surface area contributed by atoms with E-state index in [1.807, 2.05) is 6.92 Å². The summed E-state index contributed by atoms with van der Waals surface area (Å²) in [6.07, 6.45) is 3.25. The molecule has 6 heteroatoms. The first-order valence-corrected chi connectivity index (χ1v) is 8.09. The smallest absolute Gasteiger partial charge is 0.253 e. The van der Waals surface area contributed by atoms with Crippen molar-refractivity contribution in [1.82, 2.24) is 10.3 Å². The number of hydrogen-bond donors (Lipinski definition) is 2. The van der Waals surface area contributed by atoms with E-state index in [2.05, 4.69) is 16.8 Å². The van der Waals surface area contributed by atoms with E-state index in [1.54, 1.807) is 30.3 Å². The number of benzene rings is 1. The number of aryl methyl sites for hydroxylation is 1. The van der Waals surface area contributed by atoms with Crippen LogP contribution in [0.4, 0.5) is 0 Å². The summed E-state index contributed by atoms with van der Waals surface area (Å²) in [5.41, 5.74) is 3.86. The van der Waals surface area contributed by atoms with Gasteiger partial charge in [0, 0.05) is 6.61 Å². The first kappa shape index (κ1) is 15.2. The monoisotopic (exact) mass is 296 g/mol. The molecule has 1 aromatic rings. The number of ether oxygens (including phenoxy) is 1. The Morgan fingerprint density at radius 3 is 2.70 bits per heavy atom. The van der Waals surface area contributed by atoms with Crippen molar-refractivity contribution in [2.24, 2.45) is 0 Å². The molecule has 0 aliphatic carbocycles. The molecule has 1 aromatic carbocycles. The molecule has 1 heterocycles. The minimum absolute atomic E-state index is 0.0959. The number of rotatable bonds is 5. The van der Waals surface area contributed by atoms with Crippen molar-refractivity contribution in [2.75, 3.05) is 6.61 Å². The van der Waals surface area contributed by atoms with Crippen molar-refractivity contribution >= 4 is 10.0 Å². The molecule has 0 saturated carbocycles. The fourth-order valence-electron chi connectivity index (χ4n) is 2.12. The van der Waals surface area contributed by atoms with Gasteiger partial charge < -0.3 is 4.74 Å². The van der Waals surface area contributed by atoms with Crippen LogP contribution in [0.2, 0.25) is 0 Å². The minimum Gasteiger partial charge on any atom is -0.372 e. The summed E-state index contributed by atoms with van der Waals surface area (Å²) in [6, 6.07) is 6.61. The lowest BCUT2D eigenvalue weighted by Crippen LogP contribution is -2.51. The van der Waals surface area contributed by atoms with Gasteiger partial charge in [0.25, 0.3) is 10.0 Å². The normalized spacial score (nSPS) is 23.4. The lowest BCUT2D eigenvalue weighted by Gasteiger charge is -2.30. The molecule has 2 N–H and O–H groups in total. The molecule has 2 rings (SSSR count). The third kappa shape index (κ3) is 3.67. The van der Waals surface area contributed by atoms with Crippen LogP contribution >= 0.6 is 0 Å². The second-order valence-electron chi connectivity index (χ2n) is 4.88. The summed E-state index contributed by atoms with van der Waals surface area (Å²) in [6.45, 7) is 6.30. The lowest BCUT2D eigenvalue weighted by molar-refractivity contribution is 0.0192. The van der Waals surface area contributed by atoms with Gasteiger partial charge >= 0.3 is 0 Å². The Morgan fingerprint density at radius 2 is 2.05 bits per heavy atom. The van der Waals surface area contributed by atoms with Crippen LogP contribution in [0.3, 0.4) is 0 Å². The molecule has 1 fully saturated rings. The van der Waals surface area contributed by atoms with Crippen molar-refractivity contribution in [2.45, 2.75) is 36.8 Å². The molecule has 1 aliphatic rings. The number of hydrazine groups is 1. The van der Waals surface area contributed by atoms with E-state index in [-0.39, 0.29) is 17.0 Å². The Bertz CT molecular complexity index is 554. The fourth-order valence-corrected chi connectivity index (χ4v) is 3.04. The van der Waals surface area contributed by atoms with Gasteiger partial charge in [-0.3, -0.25) is 0 Å². The first-order valence-electron chi connectivity index (χ1n) is 6.61. The summed E-state index contributed by atoms with van der Waals surface area (Å²) in [7, 11) is -3.56. The fraction of sp³-hybridized carbons (Fsp3) is 0.429. The summed E-state index contributed by atoms with van der Waals surface area (Å²) in [4.78, 5) is 2.66. The molecular weight excluding hydrogens is 276 g/mol. The summed E-state index contributed by atoms with van der Waals surface area (Å²) >= 11 is 0. The second kappa shape index (κ2) is 6.49. The largest absolute Gasteiger partial charge is 0.372 e. The molecule has 5 nitrogen and oxygen atoms in total. The maximum Gasteiger partial charge on any atom is 0.253 e. The van der Waals surface area contributed by atoms with Crippen LogP contribution in [0, 0.1) is 6.92 Å². The predicted octanol–water partition coefficient (Wildman–Crippen LogP) is 1.51. The quantitative estimate of drug-likeness (QED) is 0.638. The van der Waals surface area contributed by atoms with E-state index in [1.165, 1.54) is 0 Å². The van der Waals surface area contributed by atoms with Crippen LogP contribution in [0.1, 0.15) is 18.4 Å². The van der Waals surface area contributed by atoms with Gasteiger partial charge in [0.1, 0.15) is 0 Å². The number of nitrogens with one attached hydrogen (secondary N) is 2. The standard InChI is InChI=1S/C14H20N2O3S/c1-3-14-13(5-4-10-19-14)15-16-20(17,18)12-8-6-11(2)7-9-12/h3,6-9,13-16H,1,4-5,10H2,2H3/t13-,14+/m1/s1. The van der Waals surface area contributed by atoms with Gasteiger partial charge in [-0.15, -0.1) is 11.4 Å². The van der Waals surface area contributed by atoms with Crippen LogP contribution in [0.25, 0.3) is 0 Å². The van der Waals surface area contributed by atoms with Gasteiger partial charge in [-0.05, 0) is 31.9 Å². The molecule has 20 heavy (non-hydrogen) atoms. The second-order valence-corrected chi connectivity index (χ2v) is 6.57. The van der Waals surface area contributed by atoms with Crippen molar-refractivity contribution in [3.05, 3.63) is 42.5 Å².